The van der Waals surface area contributed by atoms with Gasteiger partial charge in [-0.3, -0.25) is 4.79 Å². The SMILES string of the molecule is COCC1(CNC(=O)c2ccc(Cl)cc2F)CCNCC1.Cl. The van der Waals surface area contributed by atoms with E-state index in [0.29, 0.717) is 13.2 Å². The van der Waals surface area contributed by atoms with Crippen molar-refractivity contribution in [1.29, 1.82) is 0 Å². The van der Waals surface area contributed by atoms with Gasteiger partial charge in [0, 0.05) is 24.1 Å². The van der Waals surface area contributed by atoms with Crippen LogP contribution in [0.3, 0.4) is 0 Å². The highest BCUT2D eigenvalue weighted by Crippen LogP contribution is 2.28. The van der Waals surface area contributed by atoms with Crippen molar-refractivity contribution in [1.82, 2.24) is 10.6 Å². The highest BCUT2D eigenvalue weighted by Gasteiger charge is 2.32. The number of piperidine rings is 1. The molecule has 0 aliphatic carbocycles. The Kier molecular flexibility index (Phi) is 7.56. The van der Waals surface area contributed by atoms with E-state index >= 15 is 0 Å². The molecule has 1 heterocycles. The zero-order valence-corrected chi connectivity index (χ0v) is 14.0. The summed E-state index contributed by atoms with van der Waals surface area (Å²) in [6, 6.07) is 4.05. The van der Waals surface area contributed by atoms with Crippen LogP contribution in [-0.4, -0.2) is 39.3 Å². The highest BCUT2D eigenvalue weighted by molar-refractivity contribution is 6.30. The Morgan fingerprint density at radius 3 is 2.73 bits per heavy atom. The minimum atomic E-state index is -0.605. The number of methoxy groups -OCH3 is 1. The van der Waals surface area contributed by atoms with Gasteiger partial charge < -0.3 is 15.4 Å². The second-order valence-electron chi connectivity index (χ2n) is 5.49. The van der Waals surface area contributed by atoms with Crippen molar-refractivity contribution < 1.29 is 13.9 Å². The van der Waals surface area contributed by atoms with E-state index in [-0.39, 0.29) is 28.4 Å². The summed E-state index contributed by atoms with van der Waals surface area (Å²) in [5.41, 5.74) is -0.0700. The number of carbonyl (C=O) groups is 1. The molecule has 0 atom stereocenters. The summed E-state index contributed by atoms with van der Waals surface area (Å²) in [5.74, 6) is -1.02. The molecule has 0 saturated carbocycles. The Balaban J connectivity index is 0.00000242. The van der Waals surface area contributed by atoms with Crippen molar-refractivity contribution in [2.24, 2.45) is 5.41 Å². The summed E-state index contributed by atoms with van der Waals surface area (Å²) >= 11 is 5.69. The first-order valence-corrected chi connectivity index (χ1v) is 7.37. The monoisotopic (exact) mass is 350 g/mol. The summed E-state index contributed by atoms with van der Waals surface area (Å²) in [6.07, 6.45) is 1.84. The lowest BCUT2D eigenvalue weighted by Crippen LogP contribution is -2.47. The van der Waals surface area contributed by atoms with Gasteiger partial charge in [0.05, 0.1) is 12.2 Å². The summed E-state index contributed by atoms with van der Waals surface area (Å²) in [5, 5.41) is 6.39. The first-order chi connectivity index (χ1) is 10.1. The maximum atomic E-state index is 13.7. The Labute approximate surface area is 141 Å². The number of carbonyl (C=O) groups excluding carboxylic acids is 1. The van der Waals surface area contributed by atoms with Crippen LogP contribution in [0.4, 0.5) is 4.39 Å². The highest BCUT2D eigenvalue weighted by atomic mass is 35.5. The molecule has 1 aromatic rings. The predicted octanol–water partition coefficient (Wildman–Crippen LogP) is 2.65. The van der Waals surface area contributed by atoms with Crippen LogP contribution in [0.25, 0.3) is 0 Å². The average Bonchev–Trinajstić information content (AvgIpc) is 2.46. The molecule has 1 fully saturated rings. The molecule has 7 heteroatoms. The molecule has 0 unspecified atom stereocenters. The van der Waals surface area contributed by atoms with Crippen molar-refractivity contribution in [3.8, 4) is 0 Å². The van der Waals surface area contributed by atoms with Gasteiger partial charge in [-0.15, -0.1) is 12.4 Å². The summed E-state index contributed by atoms with van der Waals surface area (Å²) in [7, 11) is 1.66. The number of amides is 1. The van der Waals surface area contributed by atoms with Crippen molar-refractivity contribution in [2.75, 3.05) is 33.4 Å². The second kappa shape index (κ2) is 8.67. The zero-order valence-electron chi connectivity index (χ0n) is 12.5. The average molecular weight is 351 g/mol. The van der Waals surface area contributed by atoms with E-state index in [4.69, 9.17) is 16.3 Å². The lowest BCUT2D eigenvalue weighted by atomic mass is 9.79. The van der Waals surface area contributed by atoms with Crippen LogP contribution in [-0.2, 0) is 4.74 Å². The van der Waals surface area contributed by atoms with Crippen LogP contribution in [0.5, 0.6) is 0 Å². The van der Waals surface area contributed by atoms with E-state index < -0.39 is 11.7 Å². The lowest BCUT2D eigenvalue weighted by molar-refractivity contribution is 0.0511. The van der Waals surface area contributed by atoms with Crippen LogP contribution in [0, 0.1) is 11.2 Å². The largest absolute Gasteiger partial charge is 0.384 e. The van der Waals surface area contributed by atoms with Gasteiger partial charge in [0.1, 0.15) is 5.82 Å². The molecular weight excluding hydrogens is 330 g/mol. The van der Waals surface area contributed by atoms with Gasteiger partial charge in [-0.25, -0.2) is 4.39 Å². The van der Waals surface area contributed by atoms with Gasteiger partial charge in [-0.1, -0.05) is 11.6 Å². The van der Waals surface area contributed by atoms with Gasteiger partial charge in [0.2, 0.25) is 0 Å². The molecule has 2 rings (SSSR count). The predicted molar refractivity (Wildman–Crippen MR) is 87.4 cm³/mol. The fourth-order valence-corrected chi connectivity index (χ4v) is 2.83. The number of benzene rings is 1. The molecule has 0 spiro atoms. The van der Waals surface area contributed by atoms with E-state index in [2.05, 4.69) is 10.6 Å². The van der Waals surface area contributed by atoms with Gasteiger partial charge in [0.25, 0.3) is 5.91 Å². The van der Waals surface area contributed by atoms with Gasteiger partial charge in [0.15, 0.2) is 0 Å². The smallest absolute Gasteiger partial charge is 0.254 e. The van der Waals surface area contributed by atoms with Crippen LogP contribution < -0.4 is 10.6 Å². The molecule has 1 aliphatic heterocycles. The van der Waals surface area contributed by atoms with Crippen LogP contribution >= 0.6 is 24.0 Å². The van der Waals surface area contributed by atoms with Crippen molar-refractivity contribution in [2.45, 2.75) is 12.8 Å². The molecule has 1 amide bonds. The Morgan fingerprint density at radius 2 is 2.14 bits per heavy atom. The molecule has 2 N–H and O–H groups in total. The van der Waals surface area contributed by atoms with Gasteiger partial charge >= 0.3 is 0 Å². The number of ether oxygens (including phenoxy) is 1. The van der Waals surface area contributed by atoms with Gasteiger partial charge in [-0.05, 0) is 44.1 Å². The summed E-state index contributed by atoms with van der Waals surface area (Å²) in [4.78, 5) is 12.1. The second-order valence-corrected chi connectivity index (χ2v) is 5.93. The molecule has 0 radical (unpaired) electrons. The third-order valence-corrected chi connectivity index (χ3v) is 4.15. The zero-order chi connectivity index (χ0) is 15.3. The standard InChI is InChI=1S/C15H20ClFN2O2.ClH/c1-21-10-15(4-6-18-7-5-15)9-19-14(20)12-3-2-11(16)8-13(12)17;/h2-3,8,18H,4-7,9-10H2,1H3,(H,19,20);1H. The van der Waals surface area contributed by atoms with E-state index in [9.17, 15) is 9.18 Å². The van der Waals surface area contributed by atoms with Crippen molar-refractivity contribution in [3.63, 3.8) is 0 Å². The quantitative estimate of drug-likeness (QED) is 0.858. The van der Waals surface area contributed by atoms with E-state index in [1.807, 2.05) is 0 Å². The normalized spacial score (nSPS) is 16.7. The Bertz CT molecular complexity index is 503. The molecular formula is C15H21Cl2FN2O2. The number of nitrogens with one attached hydrogen (secondary N) is 2. The van der Waals surface area contributed by atoms with Crippen LogP contribution in [0.15, 0.2) is 18.2 Å². The fraction of sp³-hybridized carbons (Fsp3) is 0.533. The summed E-state index contributed by atoms with van der Waals surface area (Å²) < 4.78 is 19.0. The molecule has 1 saturated heterocycles. The molecule has 4 nitrogen and oxygen atoms in total. The molecule has 1 aromatic carbocycles. The number of hydrogen-bond donors (Lipinski definition) is 2. The maximum Gasteiger partial charge on any atom is 0.254 e. The Morgan fingerprint density at radius 1 is 1.45 bits per heavy atom. The molecule has 1 aliphatic rings. The minimum absolute atomic E-state index is 0. The number of rotatable bonds is 5. The third kappa shape index (κ3) is 4.81. The number of halogens is 3. The topological polar surface area (TPSA) is 50.4 Å². The number of hydrogen-bond acceptors (Lipinski definition) is 3. The van der Waals surface area contributed by atoms with E-state index in [1.165, 1.54) is 12.1 Å². The molecule has 22 heavy (non-hydrogen) atoms. The molecule has 0 bridgehead atoms. The maximum absolute atomic E-state index is 13.7. The first-order valence-electron chi connectivity index (χ1n) is 6.99. The third-order valence-electron chi connectivity index (χ3n) is 3.91. The Hall–Kier alpha value is -0.880. The first kappa shape index (κ1) is 19.2. The van der Waals surface area contributed by atoms with Crippen molar-refractivity contribution >= 4 is 29.9 Å². The van der Waals surface area contributed by atoms with E-state index in [0.717, 1.165) is 32.0 Å². The molecule has 124 valence electrons. The minimum Gasteiger partial charge on any atom is -0.384 e. The van der Waals surface area contributed by atoms with Crippen LogP contribution in [0.2, 0.25) is 5.02 Å². The van der Waals surface area contributed by atoms with Crippen molar-refractivity contribution in [3.05, 3.63) is 34.6 Å². The van der Waals surface area contributed by atoms with Gasteiger partial charge in [-0.2, -0.15) is 0 Å². The summed E-state index contributed by atoms with van der Waals surface area (Å²) in [6.45, 7) is 2.85. The van der Waals surface area contributed by atoms with Crippen LogP contribution in [0.1, 0.15) is 23.2 Å². The van der Waals surface area contributed by atoms with E-state index in [1.54, 1.807) is 7.11 Å². The fourth-order valence-electron chi connectivity index (χ4n) is 2.67. The molecule has 0 aromatic heterocycles. The lowest BCUT2D eigenvalue weighted by Gasteiger charge is -2.37.